The van der Waals surface area contributed by atoms with Gasteiger partial charge >= 0.3 is 0 Å². The Hall–Kier alpha value is -1.53. The fraction of sp³-hybridized carbons (Fsp3) is 0.235. The number of imidazole rings is 1. The molecule has 2 N–H and O–H groups in total. The van der Waals surface area contributed by atoms with Crippen molar-refractivity contribution < 1.29 is 5.11 Å². The molecular weight excluding hydrogens is 422 g/mol. The summed E-state index contributed by atoms with van der Waals surface area (Å²) in [4.78, 5) is 4.67. The molecule has 0 unspecified atom stereocenters. The van der Waals surface area contributed by atoms with Crippen LogP contribution in [0.4, 0.5) is 5.95 Å². The van der Waals surface area contributed by atoms with Gasteiger partial charge in [0.05, 0.1) is 15.5 Å². The zero-order chi connectivity index (χ0) is 16.4. The van der Waals surface area contributed by atoms with Crippen molar-refractivity contribution in [2.45, 2.75) is 26.4 Å². The number of aromatic hydroxyl groups is 1. The second kappa shape index (κ2) is 6.93. The topological polar surface area (TPSA) is 50.1 Å². The Kier molecular flexibility index (Phi) is 4.92. The molecule has 4 nitrogen and oxygen atoms in total. The van der Waals surface area contributed by atoms with Gasteiger partial charge in [0.25, 0.3) is 0 Å². The minimum Gasteiger partial charge on any atom is -0.506 e. The Bertz CT molecular complexity index is 845. The van der Waals surface area contributed by atoms with E-state index in [0.29, 0.717) is 11.0 Å². The first kappa shape index (κ1) is 16.3. The van der Waals surface area contributed by atoms with Crippen LogP contribution in [-0.2, 0) is 13.1 Å². The summed E-state index contributed by atoms with van der Waals surface area (Å²) in [7, 11) is 0. The highest BCUT2D eigenvalue weighted by atomic mass is 79.9. The molecule has 0 amide bonds. The Morgan fingerprint density at radius 1 is 1.22 bits per heavy atom. The molecule has 6 heteroatoms. The molecule has 2 aromatic carbocycles. The Balaban J connectivity index is 1.91. The predicted octanol–water partition coefficient (Wildman–Crippen LogP) is 5.29. The van der Waals surface area contributed by atoms with E-state index in [0.717, 1.165) is 40.0 Å². The largest absolute Gasteiger partial charge is 0.506 e. The molecule has 1 heterocycles. The lowest BCUT2D eigenvalue weighted by Gasteiger charge is -2.12. The summed E-state index contributed by atoms with van der Waals surface area (Å²) in [5, 5.41) is 13.5. The normalized spacial score (nSPS) is 11.1. The van der Waals surface area contributed by atoms with E-state index >= 15 is 0 Å². The highest BCUT2D eigenvalue weighted by Crippen LogP contribution is 2.32. The number of nitrogens with one attached hydrogen (secondary N) is 1. The maximum Gasteiger partial charge on any atom is 0.204 e. The minimum absolute atomic E-state index is 0.249. The number of hydrogen-bond acceptors (Lipinski definition) is 3. The zero-order valence-electron chi connectivity index (χ0n) is 12.7. The summed E-state index contributed by atoms with van der Waals surface area (Å²) in [6.07, 6.45) is 1.03. The standard InChI is InChI=1S/C17H17Br2N3O/c1-2-7-22-15-6-4-3-5-14(15)21-17(22)20-10-11-8-12(18)9-13(19)16(11)23/h3-6,8-9,23H,2,7,10H2,1H3,(H,20,21). The molecule has 23 heavy (non-hydrogen) atoms. The number of hydrogen-bond donors (Lipinski definition) is 2. The van der Waals surface area contributed by atoms with Gasteiger partial charge in [0.1, 0.15) is 5.75 Å². The Morgan fingerprint density at radius 3 is 2.78 bits per heavy atom. The first-order chi connectivity index (χ1) is 11.1. The molecule has 3 aromatic rings. The van der Waals surface area contributed by atoms with Gasteiger partial charge in [-0.25, -0.2) is 4.98 Å². The van der Waals surface area contributed by atoms with Crippen molar-refractivity contribution >= 4 is 48.8 Å². The van der Waals surface area contributed by atoms with Crippen LogP contribution in [0.5, 0.6) is 5.75 Å². The van der Waals surface area contributed by atoms with E-state index in [-0.39, 0.29) is 5.75 Å². The smallest absolute Gasteiger partial charge is 0.204 e. The Labute approximate surface area is 151 Å². The number of fused-ring (bicyclic) bond motifs is 1. The highest BCUT2D eigenvalue weighted by molar-refractivity contribution is 9.11. The molecule has 0 radical (unpaired) electrons. The van der Waals surface area contributed by atoms with Crippen LogP contribution in [0.3, 0.4) is 0 Å². The average molecular weight is 439 g/mol. The Morgan fingerprint density at radius 2 is 2.00 bits per heavy atom. The van der Waals surface area contributed by atoms with Crippen LogP contribution in [0, 0.1) is 0 Å². The van der Waals surface area contributed by atoms with E-state index in [1.54, 1.807) is 0 Å². The molecule has 0 fully saturated rings. The first-order valence-corrected chi connectivity index (χ1v) is 9.04. The fourth-order valence-corrected chi connectivity index (χ4v) is 3.90. The number of aryl methyl sites for hydroxylation is 1. The number of rotatable bonds is 5. The lowest BCUT2D eigenvalue weighted by molar-refractivity contribution is 0.465. The maximum absolute atomic E-state index is 10.2. The number of halogens is 2. The second-order valence-electron chi connectivity index (χ2n) is 5.32. The van der Waals surface area contributed by atoms with Crippen LogP contribution in [0.1, 0.15) is 18.9 Å². The summed E-state index contributed by atoms with van der Waals surface area (Å²) >= 11 is 6.81. The number of phenols is 1. The van der Waals surface area contributed by atoms with Gasteiger partial charge in [-0.3, -0.25) is 0 Å². The molecule has 0 bridgehead atoms. The third-order valence-corrected chi connectivity index (χ3v) is 4.71. The minimum atomic E-state index is 0.249. The van der Waals surface area contributed by atoms with Gasteiger partial charge in [-0.1, -0.05) is 35.0 Å². The van der Waals surface area contributed by atoms with Crippen molar-refractivity contribution in [2.75, 3.05) is 5.32 Å². The summed E-state index contributed by atoms with van der Waals surface area (Å²) < 4.78 is 3.77. The van der Waals surface area contributed by atoms with E-state index < -0.39 is 0 Å². The van der Waals surface area contributed by atoms with Gasteiger partial charge < -0.3 is 15.0 Å². The lowest BCUT2D eigenvalue weighted by atomic mass is 10.2. The van der Waals surface area contributed by atoms with Gasteiger partial charge in [0.2, 0.25) is 5.95 Å². The molecule has 120 valence electrons. The molecule has 0 saturated heterocycles. The van der Waals surface area contributed by atoms with E-state index in [1.165, 1.54) is 0 Å². The van der Waals surface area contributed by atoms with Gasteiger partial charge in [0.15, 0.2) is 0 Å². The predicted molar refractivity (Wildman–Crippen MR) is 101 cm³/mol. The van der Waals surface area contributed by atoms with Gasteiger partial charge in [-0.05, 0) is 46.6 Å². The molecule has 1 aromatic heterocycles. The highest BCUT2D eigenvalue weighted by Gasteiger charge is 2.12. The van der Waals surface area contributed by atoms with Gasteiger partial charge in [-0.2, -0.15) is 0 Å². The molecule has 0 spiro atoms. The zero-order valence-corrected chi connectivity index (χ0v) is 15.9. The number of aromatic nitrogens is 2. The number of para-hydroxylation sites is 2. The SMILES string of the molecule is CCCn1c(NCc2cc(Br)cc(Br)c2O)nc2ccccc21. The average Bonchev–Trinajstić information content (AvgIpc) is 2.88. The number of benzene rings is 2. The van der Waals surface area contributed by atoms with Gasteiger partial charge in [-0.15, -0.1) is 0 Å². The molecule has 3 rings (SSSR count). The molecule has 0 saturated carbocycles. The van der Waals surface area contributed by atoms with E-state index in [9.17, 15) is 5.11 Å². The van der Waals surface area contributed by atoms with E-state index in [4.69, 9.17) is 0 Å². The third kappa shape index (κ3) is 3.38. The van der Waals surface area contributed by atoms with Crippen LogP contribution in [0.2, 0.25) is 0 Å². The van der Waals surface area contributed by atoms with Crippen molar-refractivity contribution in [1.29, 1.82) is 0 Å². The summed E-state index contributed by atoms with van der Waals surface area (Å²) in [6.45, 7) is 3.55. The summed E-state index contributed by atoms with van der Waals surface area (Å²) in [5.41, 5.74) is 2.90. The number of anilines is 1. The molecule has 0 aliphatic carbocycles. The molecule has 0 aliphatic heterocycles. The number of phenolic OH excluding ortho intramolecular Hbond substituents is 1. The van der Waals surface area contributed by atoms with Crippen molar-refractivity contribution in [3.8, 4) is 5.75 Å². The van der Waals surface area contributed by atoms with E-state index in [1.807, 2.05) is 30.3 Å². The lowest BCUT2D eigenvalue weighted by Crippen LogP contribution is -2.08. The van der Waals surface area contributed by atoms with Crippen LogP contribution in [0.25, 0.3) is 11.0 Å². The monoisotopic (exact) mass is 437 g/mol. The molecular formula is C17H17Br2N3O. The third-order valence-electron chi connectivity index (χ3n) is 3.65. The number of nitrogens with zero attached hydrogens (tertiary/aromatic N) is 2. The second-order valence-corrected chi connectivity index (χ2v) is 7.09. The fourth-order valence-electron chi connectivity index (χ4n) is 2.59. The summed E-state index contributed by atoms with van der Waals surface area (Å²) in [6, 6.07) is 11.8. The van der Waals surface area contributed by atoms with Crippen LogP contribution in [-0.4, -0.2) is 14.7 Å². The van der Waals surface area contributed by atoms with Crippen molar-refractivity contribution in [3.63, 3.8) is 0 Å². The van der Waals surface area contributed by atoms with Crippen LogP contribution < -0.4 is 5.32 Å². The maximum atomic E-state index is 10.2. The first-order valence-electron chi connectivity index (χ1n) is 7.46. The summed E-state index contributed by atoms with van der Waals surface area (Å²) in [5.74, 6) is 1.07. The van der Waals surface area contributed by atoms with Crippen molar-refractivity contribution in [1.82, 2.24) is 9.55 Å². The van der Waals surface area contributed by atoms with Gasteiger partial charge in [0, 0.05) is 23.1 Å². The van der Waals surface area contributed by atoms with E-state index in [2.05, 4.69) is 59.7 Å². The van der Waals surface area contributed by atoms with Crippen LogP contribution in [0.15, 0.2) is 45.3 Å². The van der Waals surface area contributed by atoms with Crippen molar-refractivity contribution in [2.24, 2.45) is 0 Å². The quantitative estimate of drug-likeness (QED) is 0.569. The molecule has 0 aliphatic rings. The van der Waals surface area contributed by atoms with Crippen molar-refractivity contribution in [3.05, 3.63) is 50.9 Å². The van der Waals surface area contributed by atoms with Crippen LogP contribution >= 0.6 is 31.9 Å². The molecule has 0 atom stereocenters.